The fourth-order valence-corrected chi connectivity index (χ4v) is 1.46. The van der Waals surface area contributed by atoms with Crippen LogP contribution in [0.1, 0.15) is 6.42 Å². The minimum Gasteiger partial charge on any atom is -0.380 e. The smallest absolute Gasteiger partial charge is 0.139 e. The molecule has 66 valence electrons. The van der Waals surface area contributed by atoms with Crippen LogP contribution in [0.3, 0.4) is 0 Å². The van der Waals surface area contributed by atoms with Gasteiger partial charge >= 0.3 is 0 Å². The topological polar surface area (TPSA) is 44.5 Å². The van der Waals surface area contributed by atoms with Gasteiger partial charge in [0, 0.05) is 12.5 Å². The number of terminal acetylenes is 1. The molecule has 2 N–H and O–H groups in total. The minimum atomic E-state index is 0.0216. The maximum Gasteiger partial charge on any atom is 0.139 e. The van der Waals surface area contributed by atoms with Gasteiger partial charge in [-0.15, -0.1) is 6.42 Å². The fourth-order valence-electron chi connectivity index (χ4n) is 1.46. The molecule has 3 unspecified atom stereocenters. The van der Waals surface area contributed by atoms with E-state index >= 15 is 0 Å². The van der Waals surface area contributed by atoms with E-state index in [2.05, 4.69) is 5.92 Å². The first kappa shape index (κ1) is 9.59. The van der Waals surface area contributed by atoms with Crippen molar-refractivity contribution < 1.29 is 9.47 Å². The summed E-state index contributed by atoms with van der Waals surface area (Å²) >= 11 is 0. The second kappa shape index (κ2) is 4.51. The van der Waals surface area contributed by atoms with Crippen LogP contribution in [0, 0.1) is 12.3 Å². The lowest BCUT2D eigenvalue weighted by Gasteiger charge is -2.15. The molecule has 0 spiro atoms. The van der Waals surface area contributed by atoms with E-state index in [0.717, 1.165) is 6.42 Å². The zero-order valence-corrected chi connectivity index (χ0v) is 7.32. The first-order valence-electron chi connectivity index (χ1n) is 4.18. The van der Waals surface area contributed by atoms with Crippen molar-refractivity contribution >= 4 is 7.85 Å². The van der Waals surface area contributed by atoms with Gasteiger partial charge in [0.15, 0.2) is 0 Å². The molecule has 0 aromatic rings. The summed E-state index contributed by atoms with van der Waals surface area (Å²) in [6, 6.07) is 0.237. The number of hydrogen-bond donors (Lipinski definition) is 1. The normalized spacial score (nSPS) is 34.8. The quantitative estimate of drug-likeness (QED) is 0.420. The summed E-state index contributed by atoms with van der Waals surface area (Å²) in [6.45, 7) is 0.844. The highest BCUT2D eigenvalue weighted by Crippen LogP contribution is 2.20. The molecule has 1 rings (SSSR count). The van der Waals surface area contributed by atoms with E-state index in [1.807, 2.05) is 7.85 Å². The molecule has 0 amide bonds. The summed E-state index contributed by atoms with van der Waals surface area (Å²) in [7, 11) is 2.02. The Hall–Kier alpha value is -0.495. The van der Waals surface area contributed by atoms with Crippen molar-refractivity contribution in [1.82, 2.24) is 0 Å². The molecular weight excluding hydrogens is 153 g/mol. The third-order valence-corrected chi connectivity index (χ3v) is 2.00. The van der Waals surface area contributed by atoms with E-state index in [9.17, 15) is 0 Å². The number of hydrogen-bond acceptors (Lipinski definition) is 3. The van der Waals surface area contributed by atoms with Crippen LogP contribution in [0.4, 0.5) is 0 Å². The van der Waals surface area contributed by atoms with Gasteiger partial charge in [-0.3, -0.25) is 0 Å². The van der Waals surface area contributed by atoms with Gasteiger partial charge in [-0.2, -0.15) is 0 Å². The number of rotatable bonds is 3. The maximum atomic E-state index is 5.50. The third kappa shape index (κ3) is 2.24. The molecule has 0 aromatic carbocycles. The van der Waals surface area contributed by atoms with Crippen molar-refractivity contribution in [3.05, 3.63) is 0 Å². The second-order valence-electron chi connectivity index (χ2n) is 3.01. The fraction of sp³-hybridized carbons (Fsp3) is 0.750. The van der Waals surface area contributed by atoms with Crippen LogP contribution in [-0.2, 0) is 9.47 Å². The SMILES string of the molecule is BC1CC(OCC#C)C(CN)O1. The van der Waals surface area contributed by atoms with Crippen LogP contribution >= 0.6 is 0 Å². The van der Waals surface area contributed by atoms with Crippen molar-refractivity contribution in [3.63, 3.8) is 0 Å². The molecule has 1 aliphatic rings. The first-order valence-corrected chi connectivity index (χ1v) is 4.18. The van der Waals surface area contributed by atoms with E-state index in [4.69, 9.17) is 21.6 Å². The molecule has 0 saturated carbocycles. The van der Waals surface area contributed by atoms with Crippen LogP contribution in [0.2, 0.25) is 0 Å². The molecular formula is C8H14BNO2. The minimum absolute atomic E-state index is 0.0216. The molecule has 1 aliphatic heterocycles. The number of nitrogens with two attached hydrogens (primary N) is 1. The Balaban J connectivity index is 2.36. The summed E-state index contributed by atoms with van der Waals surface area (Å²) in [4.78, 5) is 0. The van der Waals surface area contributed by atoms with E-state index in [1.165, 1.54) is 0 Å². The maximum absolute atomic E-state index is 5.50. The summed E-state index contributed by atoms with van der Waals surface area (Å²) < 4.78 is 10.9. The Morgan fingerprint density at radius 2 is 2.50 bits per heavy atom. The summed E-state index contributed by atoms with van der Waals surface area (Å²) in [5.74, 6) is 2.44. The Morgan fingerprint density at radius 3 is 3.08 bits per heavy atom. The Labute approximate surface area is 74.0 Å². The second-order valence-corrected chi connectivity index (χ2v) is 3.01. The van der Waals surface area contributed by atoms with Crippen LogP contribution in [-0.4, -0.2) is 39.2 Å². The van der Waals surface area contributed by atoms with Gasteiger partial charge in [-0.05, 0) is 6.42 Å². The van der Waals surface area contributed by atoms with Gasteiger partial charge in [-0.1, -0.05) is 5.92 Å². The lowest BCUT2D eigenvalue weighted by Crippen LogP contribution is -2.32. The van der Waals surface area contributed by atoms with E-state index in [-0.39, 0.29) is 18.2 Å². The molecule has 1 saturated heterocycles. The predicted molar refractivity (Wildman–Crippen MR) is 49.4 cm³/mol. The highest BCUT2D eigenvalue weighted by atomic mass is 16.6. The molecule has 0 bridgehead atoms. The van der Waals surface area contributed by atoms with Crippen LogP contribution in [0.15, 0.2) is 0 Å². The summed E-state index contributed by atoms with van der Waals surface area (Å²) in [5, 5.41) is 0. The van der Waals surface area contributed by atoms with Crippen LogP contribution < -0.4 is 5.73 Å². The van der Waals surface area contributed by atoms with Crippen molar-refractivity contribution in [2.75, 3.05) is 13.2 Å². The van der Waals surface area contributed by atoms with Gasteiger partial charge in [0.1, 0.15) is 14.5 Å². The van der Waals surface area contributed by atoms with Gasteiger partial charge < -0.3 is 15.2 Å². The predicted octanol–water partition coefficient (Wildman–Crippen LogP) is -1.29. The van der Waals surface area contributed by atoms with Crippen molar-refractivity contribution in [3.8, 4) is 12.3 Å². The summed E-state index contributed by atoms with van der Waals surface area (Å²) in [6.07, 6.45) is 6.08. The highest BCUT2D eigenvalue weighted by molar-refractivity contribution is 6.11. The average Bonchev–Trinajstić information content (AvgIpc) is 2.42. The van der Waals surface area contributed by atoms with Gasteiger partial charge in [0.2, 0.25) is 0 Å². The van der Waals surface area contributed by atoms with E-state index in [1.54, 1.807) is 0 Å². The lowest BCUT2D eigenvalue weighted by molar-refractivity contribution is 0.00424. The monoisotopic (exact) mass is 167 g/mol. The van der Waals surface area contributed by atoms with E-state index < -0.39 is 0 Å². The molecule has 4 heteroatoms. The largest absolute Gasteiger partial charge is 0.380 e. The van der Waals surface area contributed by atoms with Crippen molar-refractivity contribution in [2.45, 2.75) is 24.6 Å². The Morgan fingerprint density at radius 1 is 1.75 bits per heavy atom. The lowest BCUT2D eigenvalue weighted by atomic mass is 9.96. The van der Waals surface area contributed by atoms with Crippen molar-refractivity contribution in [1.29, 1.82) is 0 Å². The Kier molecular flexibility index (Phi) is 3.61. The molecule has 3 atom stereocenters. The molecule has 0 aromatic heterocycles. The Bertz CT molecular complexity index is 180. The molecule has 12 heavy (non-hydrogen) atoms. The van der Waals surface area contributed by atoms with Gasteiger partial charge in [0.05, 0.1) is 12.2 Å². The highest BCUT2D eigenvalue weighted by Gasteiger charge is 2.32. The molecule has 0 aliphatic carbocycles. The zero-order chi connectivity index (χ0) is 8.97. The molecule has 0 radical (unpaired) electrons. The molecule has 1 heterocycles. The summed E-state index contributed by atoms with van der Waals surface area (Å²) in [5.41, 5.74) is 5.50. The third-order valence-electron chi connectivity index (χ3n) is 2.00. The average molecular weight is 167 g/mol. The van der Waals surface area contributed by atoms with Gasteiger partial charge in [0.25, 0.3) is 0 Å². The standard InChI is InChI=1S/C8H14BNO2/c1-2-3-11-6-4-8(9)12-7(6)5-10/h1,6-8H,3-5,9-10H2. The molecule has 3 nitrogen and oxygen atoms in total. The van der Waals surface area contributed by atoms with Crippen LogP contribution in [0.5, 0.6) is 0 Å². The van der Waals surface area contributed by atoms with Crippen LogP contribution in [0.25, 0.3) is 0 Å². The first-order chi connectivity index (χ1) is 5.77. The van der Waals surface area contributed by atoms with Gasteiger partial charge in [-0.25, -0.2) is 0 Å². The number of ether oxygens (including phenoxy) is 2. The van der Waals surface area contributed by atoms with E-state index in [0.29, 0.717) is 13.2 Å². The van der Waals surface area contributed by atoms with Crippen molar-refractivity contribution in [2.24, 2.45) is 5.73 Å². The zero-order valence-electron chi connectivity index (χ0n) is 7.32. The molecule has 1 fully saturated rings.